The number of hydrogen-bond donors (Lipinski definition) is 1. The van der Waals surface area contributed by atoms with Gasteiger partial charge in [0.1, 0.15) is 11.6 Å². The highest BCUT2D eigenvalue weighted by Crippen LogP contribution is 2.19. The average molecular weight is 296 g/mol. The molecule has 0 bridgehead atoms. The van der Waals surface area contributed by atoms with Crippen molar-refractivity contribution in [2.24, 2.45) is 5.92 Å². The first kappa shape index (κ1) is 15.1. The van der Waals surface area contributed by atoms with Crippen LogP contribution in [-0.2, 0) is 13.0 Å². The van der Waals surface area contributed by atoms with E-state index in [1.54, 1.807) is 11.3 Å². The van der Waals surface area contributed by atoms with Gasteiger partial charge >= 0.3 is 0 Å². The number of benzene rings is 1. The number of rotatable bonds is 6. The molecule has 0 amide bonds. The number of hydrogen-bond acceptors (Lipinski definition) is 3. The molecule has 108 valence electrons. The van der Waals surface area contributed by atoms with Gasteiger partial charge in [-0.3, -0.25) is 0 Å². The van der Waals surface area contributed by atoms with Crippen LogP contribution in [0.25, 0.3) is 0 Å². The number of nitrogens with zero attached hydrogens (tertiary/aromatic N) is 1. The van der Waals surface area contributed by atoms with Crippen LogP contribution in [0.1, 0.15) is 29.3 Å². The van der Waals surface area contributed by atoms with Gasteiger partial charge in [-0.15, -0.1) is 11.3 Å². The second kappa shape index (κ2) is 6.90. The Morgan fingerprint density at radius 2 is 2.10 bits per heavy atom. The Morgan fingerprint density at radius 1 is 1.30 bits per heavy atom. The van der Waals surface area contributed by atoms with Gasteiger partial charge in [-0.05, 0) is 24.1 Å². The van der Waals surface area contributed by atoms with Crippen molar-refractivity contribution >= 4 is 11.3 Å². The third-order valence-corrected chi connectivity index (χ3v) is 3.81. The van der Waals surface area contributed by atoms with Crippen LogP contribution in [0, 0.1) is 17.6 Å². The van der Waals surface area contributed by atoms with Gasteiger partial charge in [0.05, 0.1) is 5.01 Å². The lowest BCUT2D eigenvalue weighted by Crippen LogP contribution is -2.18. The summed E-state index contributed by atoms with van der Waals surface area (Å²) in [6.07, 6.45) is 2.22. The molecule has 5 heteroatoms. The molecule has 2 rings (SSSR count). The summed E-state index contributed by atoms with van der Waals surface area (Å²) in [4.78, 5) is 5.42. The van der Waals surface area contributed by atoms with Crippen molar-refractivity contribution in [1.29, 1.82) is 0 Å². The van der Waals surface area contributed by atoms with Crippen molar-refractivity contribution in [2.45, 2.75) is 26.8 Å². The molecular weight excluding hydrogens is 278 g/mol. The van der Waals surface area contributed by atoms with Gasteiger partial charge in [0.25, 0.3) is 0 Å². The van der Waals surface area contributed by atoms with Crippen molar-refractivity contribution < 1.29 is 8.78 Å². The minimum absolute atomic E-state index is 0.404. The molecule has 2 aromatic rings. The van der Waals surface area contributed by atoms with E-state index in [0.717, 1.165) is 29.0 Å². The zero-order valence-electron chi connectivity index (χ0n) is 11.6. The highest BCUT2D eigenvalue weighted by Gasteiger charge is 2.08. The lowest BCUT2D eigenvalue weighted by molar-refractivity contribution is 0.554. The smallest absolute Gasteiger partial charge is 0.129 e. The van der Waals surface area contributed by atoms with E-state index in [4.69, 9.17) is 0 Å². The molecule has 2 nitrogen and oxygen atoms in total. The Hall–Kier alpha value is -1.33. The van der Waals surface area contributed by atoms with E-state index in [2.05, 4.69) is 24.1 Å². The van der Waals surface area contributed by atoms with Gasteiger partial charge < -0.3 is 5.32 Å². The second-order valence-electron chi connectivity index (χ2n) is 5.16. The first-order valence-corrected chi connectivity index (χ1v) is 7.44. The molecule has 1 heterocycles. The normalized spacial score (nSPS) is 11.2. The molecule has 1 aromatic heterocycles. The van der Waals surface area contributed by atoms with Crippen molar-refractivity contribution in [3.63, 3.8) is 0 Å². The highest BCUT2D eigenvalue weighted by molar-refractivity contribution is 7.11. The van der Waals surface area contributed by atoms with Crippen LogP contribution >= 0.6 is 11.3 Å². The molecule has 0 aliphatic carbocycles. The SMILES string of the molecule is CC(C)CNCc1cnc(Cc2ccc(F)cc2F)s1. The van der Waals surface area contributed by atoms with Crippen molar-refractivity contribution in [1.82, 2.24) is 10.3 Å². The third kappa shape index (κ3) is 4.35. The fraction of sp³-hybridized carbons (Fsp3) is 0.400. The van der Waals surface area contributed by atoms with E-state index in [9.17, 15) is 8.78 Å². The summed E-state index contributed by atoms with van der Waals surface area (Å²) >= 11 is 1.56. The van der Waals surface area contributed by atoms with E-state index < -0.39 is 11.6 Å². The summed E-state index contributed by atoms with van der Waals surface area (Å²) in [5.74, 6) is -0.459. The lowest BCUT2D eigenvalue weighted by atomic mass is 10.1. The fourth-order valence-corrected chi connectivity index (χ4v) is 2.74. The predicted molar refractivity (Wildman–Crippen MR) is 77.8 cm³/mol. The van der Waals surface area contributed by atoms with Crippen LogP contribution in [0.5, 0.6) is 0 Å². The second-order valence-corrected chi connectivity index (χ2v) is 6.36. The zero-order valence-corrected chi connectivity index (χ0v) is 12.4. The van der Waals surface area contributed by atoms with Gasteiger partial charge in [-0.2, -0.15) is 0 Å². The maximum absolute atomic E-state index is 13.6. The molecule has 0 atom stereocenters. The van der Waals surface area contributed by atoms with Gasteiger partial charge in [-0.1, -0.05) is 19.9 Å². The van der Waals surface area contributed by atoms with Gasteiger partial charge in [0, 0.05) is 30.1 Å². The molecule has 0 spiro atoms. The molecule has 0 aliphatic rings. The topological polar surface area (TPSA) is 24.9 Å². The van der Waals surface area contributed by atoms with E-state index in [1.165, 1.54) is 12.1 Å². The summed E-state index contributed by atoms with van der Waals surface area (Å²) in [5, 5.41) is 4.19. The van der Waals surface area contributed by atoms with Gasteiger partial charge in [0.2, 0.25) is 0 Å². The molecule has 0 radical (unpaired) electrons. The fourth-order valence-electron chi connectivity index (χ4n) is 1.82. The zero-order chi connectivity index (χ0) is 14.5. The summed E-state index contributed by atoms with van der Waals surface area (Å²) in [7, 11) is 0. The number of nitrogens with one attached hydrogen (secondary N) is 1. The Morgan fingerprint density at radius 3 is 2.80 bits per heavy atom. The number of thiazole rings is 1. The van der Waals surface area contributed by atoms with Crippen LogP contribution in [0.2, 0.25) is 0 Å². The predicted octanol–water partition coefficient (Wildman–Crippen LogP) is 3.76. The monoisotopic (exact) mass is 296 g/mol. The van der Waals surface area contributed by atoms with Gasteiger partial charge in [0.15, 0.2) is 0 Å². The Kier molecular flexibility index (Phi) is 5.20. The van der Waals surface area contributed by atoms with E-state index in [0.29, 0.717) is 17.9 Å². The Labute approximate surface area is 121 Å². The van der Waals surface area contributed by atoms with Crippen LogP contribution in [-0.4, -0.2) is 11.5 Å². The minimum atomic E-state index is -0.552. The first-order valence-electron chi connectivity index (χ1n) is 6.63. The Bertz CT molecular complexity index is 567. The largest absolute Gasteiger partial charge is 0.312 e. The summed E-state index contributed by atoms with van der Waals surface area (Å²) < 4.78 is 26.4. The molecule has 0 saturated carbocycles. The van der Waals surface area contributed by atoms with Crippen LogP contribution in [0.3, 0.4) is 0 Å². The Balaban J connectivity index is 1.95. The number of aromatic nitrogens is 1. The van der Waals surface area contributed by atoms with E-state index in [-0.39, 0.29) is 0 Å². The van der Waals surface area contributed by atoms with Gasteiger partial charge in [-0.25, -0.2) is 13.8 Å². The van der Waals surface area contributed by atoms with Crippen LogP contribution in [0.15, 0.2) is 24.4 Å². The molecule has 0 saturated heterocycles. The average Bonchev–Trinajstić information content (AvgIpc) is 2.80. The third-order valence-electron chi connectivity index (χ3n) is 2.81. The van der Waals surface area contributed by atoms with E-state index >= 15 is 0 Å². The first-order chi connectivity index (χ1) is 9.54. The van der Waals surface area contributed by atoms with Crippen molar-refractivity contribution in [3.05, 3.63) is 51.5 Å². The standard InChI is InChI=1S/C15H18F2N2S/c1-10(2)7-18-8-13-9-19-15(20-13)5-11-3-4-12(16)6-14(11)17/h3-4,6,9-10,18H,5,7-8H2,1-2H3. The van der Waals surface area contributed by atoms with Crippen LogP contribution < -0.4 is 5.32 Å². The molecule has 0 unspecified atom stereocenters. The number of halogens is 2. The summed E-state index contributed by atoms with van der Waals surface area (Å²) in [6, 6.07) is 3.66. The highest BCUT2D eigenvalue weighted by atomic mass is 32.1. The molecule has 20 heavy (non-hydrogen) atoms. The maximum Gasteiger partial charge on any atom is 0.129 e. The maximum atomic E-state index is 13.6. The van der Waals surface area contributed by atoms with Crippen LogP contribution in [0.4, 0.5) is 8.78 Å². The molecule has 0 fully saturated rings. The molecular formula is C15H18F2N2S. The summed E-state index contributed by atoms with van der Waals surface area (Å²) in [5.41, 5.74) is 0.474. The molecule has 1 N–H and O–H groups in total. The van der Waals surface area contributed by atoms with E-state index in [1.807, 2.05) is 6.20 Å². The van der Waals surface area contributed by atoms with Crippen molar-refractivity contribution in [2.75, 3.05) is 6.54 Å². The minimum Gasteiger partial charge on any atom is -0.312 e. The van der Waals surface area contributed by atoms with Crippen molar-refractivity contribution in [3.8, 4) is 0 Å². The molecule has 1 aromatic carbocycles. The molecule has 0 aliphatic heterocycles. The quantitative estimate of drug-likeness (QED) is 0.878. The lowest BCUT2D eigenvalue weighted by Gasteiger charge is -2.04. The summed E-state index contributed by atoms with van der Waals surface area (Å²) in [6.45, 7) is 6.05.